The zero-order valence-electron chi connectivity index (χ0n) is 23.7. The van der Waals surface area contributed by atoms with Crippen LogP contribution in [-0.4, -0.2) is 65.9 Å². The average Bonchev–Trinajstić information content (AvgIpc) is 2.84. The summed E-state index contributed by atoms with van der Waals surface area (Å²) in [4.78, 5) is 53.3. The number of rotatable bonds is 15. The summed E-state index contributed by atoms with van der Waals surface area (Å²) in [7, 11) is 0. The molecule has 1 rings (SSSR count). The van der Waals surface area contributed by atoms with Gasteiger partial charge in [-0.05, 0) is 52.2 Å². The molecule has 2 unspecified atom stereocenters. The van der Waals surface area contributed by atoms with Gasteiger partial charge in [-0.15, -0.1) is 0 Å². The van der Waals surface area contributed by atoms with Crippen molar-refractivity contribution in [3.05, 3.63) is 35.4 Å². The largest absolute Gasteiger partial charge is 0.466 e. The quantitative estimate of drug-likeness (QED) is 0.170. The van der Waals surface area contributed by atoms with Crippen LogP contribution >= 0.6 is 12.6 Å². The second-order valence-electron chi connectivity index (χ2n) is 10.1. The lowest BCUT2D eigenvalue weighted by Gasteiger charge is -2.35. The minimum absolute atomic E-state index is 0.0178. The van der Waals surface area contributed by atoms with Gasteiger partial charge in [-0.2, -0.15) is 12.6 Å². The van der Waals surface area contributed by atoms with E-state index >= 15 is 0 Å². The third-order valence-electron chi connectivity index (χ3n) is 5.68. The van der Waals surface area contributed by atoms with Crippen molar-refractivity contribution in [1.29, 1.82) is 0 Å². The van der Waals surface area contributed by atoms with E-state index in [1.807, 2.05) is 31.2 Å². The fourth-order valence-corrected chi connectivity index (χ4v) is 4.12. The summed E-state index contributed by atoms with van der Waals surface area (Å²) in [5.41, 5.74) is 0.767. The number of nitrogens with one attached hydrogen (secondary N) is 2. The van der Waals surface area contributed by atoms with E-state index in [1.54, 1.807) is 27.7 Å². The van der Waals surface area contributed by atoms with Crippen molar-refractivity contribution in [1.82, 2.24) is 15.5 Å². The Balaban J connectivity index is 3.33. The van der Waals surface area contributed by atoms with Gasteiger partial charge in [0.05, 0.1) is 13.0 Å². The molecule has 0 aliphatic heterocycles. The minimum atomic E-state index is -1.00. The summed E-state index contributed by atoms with van der Waals surface area (Å²) in [5.74, 6) is -1.24. The molecule has 0 spiro atoms. The first kappa shape index (κ1) is 33.3. The summed E-state index contributed by atoms with van der Waals surface area (Å²) in [5, 5.41) is 5.41. The summed E-state index contributed by atoms with van der Waals surface area (Å²) in [6.07, 6.45) is 2.87. The molecule has 38 heavy (non-hydrogen) atoms. The molecule has 0 fully saturated rings. The molecule has 3 amide bonds. The van der Waals surface area contributed by atoms with E-state index in [2.05, 4.69) is 30.2 Å². The predicted octanol–water partition coefficient (Wildman–Crippen LogP) is 4.34. The molecule has 0 saturated heterocycles. The van der Waals surface area contributed by atoms with Crippen LogP contribution in [0.25, 0.3) is 0 Å². The first-order valence-electron chi connectivity index (χ1n) is 13.3. The van der Waals surface area contributed by atoms with E-state index in [0.717, 1.165) is 24.8 Å². The Morgan fingerprint density at radius 3 is 2.32 bits per heavy atom. The van der Waals surface area contributed by atoms with Crippen molar-refractivity contribution in [3.63, 3.8) is 0 Å². The fraction of sp³-hybridized carbons (Fsp3) is 0.643. The number of benzene rings is 1. The van der Waals surface area contributed by atoms with Crippen LogP contribution < -0.4 is 10.6 Å². The van der Waals surface area contributed by atoms with E-state index in [0.29, 0.717) is 18.5 Å². The van der Waals surface area contributed by atoms with Gasteiger partial charge >= 0.3 is 12.1 Å². The molecule has 2 N–H and O–H groups in total. The smallest absolute Gasteiger partial charge is 0.408 e. The lowest BCUT2D eigenvalue weighted by Crippen LogP contribution is -2.54. The molecular formula is C28H45N3O6S. The molecule has 10 heteroatoms. The lowest BCUT2D eigenvalue weighted by atomic mass is 9.97. The van der Waals surface area contributed by atoms with Crippen molar-refractivity contribution in [3.8, 4) is 0 Å². The maximum Gasteiger partial charge on any atom is 0.408 e. The monoisotopic (exact) mass is 551 g/mol. The molecule has 2 atom stereocenters. The highest BCUT2D eigenvalue weighted by molar-refractivity contribution is 7.80. The molecule has 9 nitrogen and oxygen atoms in total. The second-order valence-corrected chi connectivity index (χ2v) is 10.4. The van der Waals surface area contributed by atoms with Crippen LogP contribution in [-0.2, 0) is 23.9 Å². The van der Waals surface area contributed by atoms with Crippen molar-refractivity contribution >= 4 is 36.5 Å². The van der Waals surface area contributed by atoms with Gasteiger partial charge in [-0.1, -0.05) is 50.5 Å². The fourth-order valence-electron chi connectivity index (χ4n) is 3.87. The molecule has 0 heterocycles. The molecule has 1 aromatic rings. The molecule has 0 aliphatic carbocycles. The number of hydrogen-bond donors (Lipinski definition) is 3. The Labute approximate surface area is 232 Å². The lowest BCUT2D eigenvalue weighted by molar-refractivity contribution is -0.144. The average molecular weight is 552 g/mol. The van der Waals surface area contributed by atoms with Crippen LogP contribution in [0.3, 0.4) is 0 Å². The topological polar surface area (TPSA) is 114 Å². The van der Waals surface area contributed by atoms with Crippen molar-refractivity contribution in [2.24, 2.45) is 0 Å². The molecule has 0 radical (unpaired) electrons. The number of ether oxygens (including phenoxy) is 2. The van der Waals surface area contributed by atoms with E-state index < -0.39 is 41.6 Å². The van der Waals surface area contributed by atoms with Crippen LogP contribution in [0.4, 0.5) is 4.79 Å². The van der Waals surface area contributed by atoms with Gasteiger partial charge in [0.15, 0.2) is 0 Å². The number of aryl methyl sites for hydroxylation is 1. The predicted molar refractivity (Wildman–Crippen MR) is 151 cm³/mol. The third-order valence-corrected chi connectivity index (χ3v) is 6.05. The molecule has 214 valence electrons. The van der Waals surface area contributed by atoms with Crippen LogP contribution in [0.2, 0.25) is 0 Å². The SMILES string of the molecule is CCCCCCN(C(=O)C(CS)NC(=O)OC(C)(C)C)C(C(=O)NCCC(=O)OCC)c1ccccc1C. The number of alkyl carbamates (subject to hydrolysis) is 1. The molecule has 0 aliphatic rings. The highest BCUT2D eigenvalue weighted by atomic mass is 32.1. The molecular weight excluding hydrogens is 506 g/mol. The zero-order chi connectivity index (χ0) is 28.7. The summed E-state index contributed by atoms with van der Waals surface area (Å²) in [6, 6.07) is 5.41. The van der Waals surface area contributed by atoms with Gasteiger partial charge < -0.3 is 25.0 Å². The Morgan fingerprint density at radius 1 is 1.05 bits per heavy atom. The summed E-state index contributed by atoms with van der Waals surface area (Å²) in [6.45, 7) is 11.5. The summed E-state index contributed by atoms with van der Waals surface area (Å²) >= 11 is 4.32. The number of hydrogen-bond acceptors (Lipinski definition) is 7. The first-order chi connectivity index (χ1) is 17.9. The van der Waals surface area contributed by atoms with Gasteiger partial charge in [0.25, 0.3) is 0 Å². The molecule has 0 bridgehead atoms. The standard InChI is InChI=1S/C28H45N3O6S/c1-7-9-10-13-18-31(26(34)22(19-38)30-27(35)37-28(4,5)6)24(21-15-12-11-14-20(21)3)25(33)29-17-16-23(32)36-8-2/h11-12,14-15,22,24,38H,7-10,13,16-19H2,1-6H3,(H,29,33)(H,30,35). The maximum absolute atomic E-state index is 13.9. The maximum atomic E-state index is 13.9. The normalized spacial score (nSPS) is 12.7. The van der Waals surface area contributed by atoms with E-state index in [9.17, 15) is 19.2 Å². The number of carbonyl (C=O) groups is 4. The number of thiol groups is 1. The zero-order valence-corrected chi connectivity index (χ0v) is 24.6. The first-order valence-corrected chi connectivity index (χ1v) is 14.0. The van der Waals surface area contributed by atoms with Crippen LogP contribution in [0.1, 0.15) is 83.9 Å². The van der Waals surface area contributed by atoms with Crippen molar-refractivity contribution < 1.29 is 28.7 Å². The second kappa shape index (κ2) is 17.0. The number of esters is 1. The van der Waals surface area contributed by atoms with Crippen LogP contribution in [0, 0.1) is 6.92 Å². The van der Waals surface area contributed by atoms with E-state index in [4.69, 9.17) is 9.47 Å². The Bertz CT molecular complexity index is 918. The number of nitrogens with zero attached hydrogens (tertiary/aromatic N) is 1. The van der Waals surface area contributed by atoms with Crippen molar-refractivity contribution in [2.75, 3.05) is 25.4 Å². The molecule has 0 saturated carbocycles. The Morgan fingerprint density at radius 2 is 1.74 bits per heavy atom. The van der Waals surface area contributed by atoms with E-state index in [-0.39, 0.29) is 25.3 Å². The number of carbonyl (C=O) groups excluding carboxylic acids is 4. The number of amides is 3. The highest BCUT2D eigenvalue weighted by Crippen LogP contribution is 2.26. The number of unbranched alkanes of at least 4 members (excludes halogenated alkanes) is 3. The highest BCUT2D eigenvalue weighted by Gasteiger charge is 2.36. The van der Waals surface area contributed by atoms with E-state index in [1.165, 1.54) is 4.90 Å². The van der Waals surface area contributed by atoms with Crippen LogP contribution in [0.5, 0.6) is 0 Å². The van der Waals surface area contributed by atoms with Crippen molar-refractivity contribution in [2.45, 2.75) is 91.3 Å². The molecule has 1 aromatic carbocycles. The third kappa shape index (κ3) is 11.8. The van der Waals surface area contributed by atoms with Gasteiger partial charge in [0, 0.05) is 18.8 Å². The Hall–Kier alpha value is -2.75. The summed E-state index contributed by atoms with van der Waals surface area (Å²) < 4.78 is 10.3. The van der Waals surface area contributed by atoms with Crippen LogP contribution in [0.15, 0.2) is 24.3 Å². The van der Waals surface area contributed by atoms with Gasteiger partial charge in [0.2, 0.25) is 11.8 Å². The van der Waals surface area contributed by atoms with Gasteiger partial charge in [-0.3, -0.25) is 14.4 Å². The van der Waals surface area contributed by atoms with Gasteiger partial charge in [-0.25, -0.2) is 4.79 Å². The molecule has 0 aromatic heterocycles. The Kier molecular flexibility index (Phi) is 14.9. The minimum Gasteiger partial charge on any atom is -0.466 e. The van der Waals surface area contributed by atoms with Gasteiger partial charge in [0.1, 0.15) is 17.7 Å².